The highest BCUT2D eigenvalue weighted by Gasteiger charge is 2.48. The van der Waals surface area contributed by atoms with Crippen molar-refractivity contribution < 1.29 is 0 Å². The van der Waals surface area contributed by atoms with Crippen LogP contribution in [0.2, 0.25) is 0 Å². The van der Waals surface area contributed by atoms with Gasteiger partial charge in [0.15, 0.2) is 0 Å². The molecular formula is C11H17N3. The van der Waals surface area contributed by atoms with E-state index in [-0.39, 0.29) is 0 Å². The summed E-state index contributed by atoms with van der Waals surface area (Å²) in [5, 5.41) is 7.98. The Morgan fingerprint density at radius 3 is 3.07 bits per heavy atom. The summed E-state index contributed by atoms with van der Waals surface area (Å²) in [7, 11) is 0. The van der Waals surface area contributed by atoms with Crippen LogP contribution in [0.1, 0.15) is 26.2 Å². The second-order valence-electron chi connectivity index (χ2n) is 5.07. The summed E-state index contributed by atoms with van der Waals surface area (Å²) in [6.07, 6.45) is 7.93. The van der Waals surface area contributed by atoms with Gasteiger partial charge < -0.3 is 5.32 Å². The largest absolute Gasteiger partial charge is 0.307 e. The third-order valence-electron chi connectivity index (χ3n) is 3.60. The molecular weight excluding hydrogens is 174 g/mol. The van der Waals surface area contributed by atoms with E-state index in [1.807, 2.05) is 12.3 Å². The molecule has 3 unspecified atom stereocenters. The fourth-order valence-electron chi connectivity index (χ4n) is 3.28. The lowest BCUT2D eigenvalue weighted by Crippen LogP contribution is -2.69. The first-order valence-electron chi connectivity index (χ1n) is 5.51. The third-order valence-corrected chi connectivity index (χ3v) is 3.60. The van der Waals surface area contributed by atoms with E-state index in [0.29, 0.717) is 5.54 Å². The van der Waals surface area contributed by atoms with Gasteiger partial charge in [-0.3, -0.25) is 4.68 Å². The quantitative estimate of drug-likeness (QED) is 0.766. The summed E-state index contributed by atoms with van der Waals surface area (Å²) in [4.78, 5) is 0. The highest BCUT2D eigenvalue weighted by Crippen LogP contribution is 2.41. The number of aromatic nitrogens is 2. The van der Waals surface area contributed by atoms with Gasteiger partial charge in [-0.15, -0.1) is 0 Å². The van der Waals surface area contributed by atoms with Gasteiger partial charge in [-0.05, 0) is 31.2 Å². The maximum atomic E-state index is 4.28. The fraction of sp³-hybridized carbons (Fsp3) is 0.727. The molecule has 2 aliphatic heterocycles. The lowest BCUT2D eigenvalue weighted by Gasteiger charge is -2.56. The minimum absolute atomic E-state index is 0.369. The lowest BCUT2D eigenvalue weighted by molar-refractivity contribution is 0.0218. The molecule has 1 aromatic heterocycles. The van der Waals surface area contributed by atoms with Gasteiger partial charge in [-0.25, -0.2) is 0 Å². The van der Waals surface area contributed by atoms with Crippen LogP contribution >= 0.6 is 0 Å². The molecule has 1 saturated carbocycles. The molecule has 1 aromatic rings. The van der Waals surface area contributed by atoms with Crippen molar-refractivity contribution in [2.45, 2.75) is 44.3 Å². The number of piperidine rings is 1. The molecule has 3 aliphatic rings. The molecule has 2 bridgehead atoms. The molecule has 1 aliphatic carbocycles. The Morgan fingerprint density at radius 2 is 2.43 bits per heavy atom. The van der Waals surface area contributed by atoms with Gasteiger partial charge >= 0.3 is 0 Å². The summed E-state index contributed by atoms with van der Waals surface area (Å²) in [5.41, 5.74) is 0.369. The second kappa shape index (κ2) is 2.83. The monoisotopic (exact) mass is 191 g/mol. The molecule has 76 valence electrons. The van der Waals surface area contributed by atoms with Crippen LogP contribution in [0.5, 0.6) is 0 Å². The Hall–Kier alpha value is -0.830. The number of rotatable bonds is 2. The summed E-state index contributed by atoms with van der Waals surface area (Å²) in [6, 6.07) is 2.79. The first-order valence-corrected chi connectivity index (χ1v) is 5.51. The zero-order valence-corrected chi connectivity index (χ0v) is 8.61. The summed E-state index contributed by atoms with van der Waals surface area (Å²) < 4.78 is 2.06. The van der Waals surface area contributed by atoms with Crippen molar-refractivity contribution >= 4 is 0 Å². The van der Waals surface area contributed by atoms with Crippen LogP contribution in [0.3, 0.4) is 0 Å². The minimum Gasteiger partial charge on any atom is -0.307 e. The highest BCUT2D eigenvalue weighted by molar-refractivity contribution is 5.08. The van der Waals surface area contributed by atoms with Crippen molar-refractivity contribution in [2.24, 2.45) is 5.92 Å². The molecule has 2 saturated heterocycles. The smallest absolute Gasteiger partial charge is 0.0592 e. The van der Waals surface area contributed by atoms with Gasteiger partial charge in [0.2, 0.25) is 0 Å². The minimum atomic E-state index is 0.369. The lowest BCUT2D eigenvalue weighted by atomic mass is 9.66. The van der Waals surface area contributed by atoms with Crippen molar-refractivity contribution in [1.29, 1.82) is 0 Å². The maximum Gasteiger partial charge on any atom is 0.0592 e. The average Bonchev–Trinajstić information content (AvgIpc) is 2.53. The fourth-order valence-corrected chi connectivity index (χ4v) is 3.28. The van der Waals surface area contributed by atoms with E-state index in [1.54, 1.807) is 0 Å². The molecule has 3 heteroatoms. The standard InChI is InChI=1S/C11H17N3/c1-9-5-10-7-11(6-9,13-10)8-14-4-2-3-12-14/h2-4,9-10,13H,5-8H2,1H3. The molecule has 3 atom stereocenters. The van der Waals surface area contributed by atoms with E-state index < -0.39 is 0 Å². The molecule has 4 rings (SSSR count). The van der Waals surface area contributed by atoms with E-state index >= 15 is 0 Å². The highest BCUT2D eigenvalue weighted by atomic mass is 15.3. The van der Waals surface area contributed by atoms with Gasteiger partial charge in [-0.1, -0.05) is 6.92 Å². The van der Waals surface area contributed by atoms with E-state index in [0.717, 1.165) is 18.5 Å². The van der Waals surface area contributed by atoms with Crippen LogP contribution in [-0.4, -0.2) is 21.4 Å². The SMILES string of the molecule is CC1CC2CC(Cn3cccn3)(C1)N2. The van der Waals surface area contributed by atoms with Crippen LogP contribution in [0.4, 0.5) is 0 Å². The Balaban J connectivity index is 1.73. The normalized spacial score (nSPS) is 40.6. The Morgan fingerprint density at radius 1 is 1.57 bits per heavy atom. The summed E-state index contributed by atoms with van der Waals surface area (Å²) in [5.74, 6) is 0.880. The van der Waals surface area contributed by atoms with Crippen LogP contribution in [0, 0.1) is 5.92 Å². The van der Waals surface area contributed by atoms with Gasteiger partial charge in [0.1, 0.15) is 0 Å². The summed E-state index contributed by atoms with van der Waals surface area (Å²) in [6.45, 7) is 3.41. The number of fused-ring (bicyclic) bond motifs is 2. The molecule has 0 amide bonds. The predicted octanol–water partition coefficient (Wildman–Crippen LogP) is 1.41. The van der Waals surface area contributed by atoms with Gasteiger partial charge in [-0.2, -0.15) is 5.10 Å². The maximum absolute atomic E-state index is 4.28. The molecule has 3 nitrogen and oxygen atoms in total. The van der Waals surface area contributed by atoms with E-state index in [4.69, 9.17) is 0 Å². The molecule has 1 N–H and O–H groups in total. The Labute approximate surface area is 84.5 Å². The van der Waals surface area contributed by atoms with E-state index in [1.165, 1.54) is 19.3 Å². The Kier molecular flexibility index (Phi) is 1.71. The molecule has 3 heterocycles. The van der Waals surface area contributed by atoms with Crippen molar-refractivity contribution in [1.82, 2.24) is 15.1 Å². The third kappa shape index (κ3) is 1.27. The van der Waals surface area contributed by atoms with Gasteiger partial charge in [0.25, 0.3) is 0 Å². The number of hydrogen-bond acceptors (Lipinski definition) is 2. The predicted molar refractivity (Wildman–Crippen MR) is 54.9 cm³/mol. The van der Waals surface area contributed by atoms with Crippen LogP contribution in [0.15, 0.2) is 18.5 Å². The molecule has 0 aromatic carbocycles. The van der Waals surface area contributed by atoms with Crippen molar-refractivity contribution in [3.63, 3.8) is 0 Å². The number of nitrogens with zero attached hydrogens (tertiary/aromatic N) is 2. The van der Waals surface area contributed by atoms with E-state index in [9.17, 15) is 0 Å². The summed E-state index contributed by atoms with van der Waals surface area (Å²) >= 11 is 0. The number of nitrogens with one attached hydrogen (secondary N) is 1. The van der Waals surface area contributed by atoms with Crippen molar-refractivity contribution in [3.8, 4) is 0 Å². The second-order valence-corrected chi connectivity index (χ2v) is 5.07. The molecule has 14 heavy (non-hydrogen) atoms. The zero-order chi connectivity index (χ0) is 9.60. The van der Waals surface area contributed by atoms with E-state index in [2.05, 4.69) is 28.2 Å². The van der Waals surface area contributed by atoms with Gasteiger partial charge in [0.05, 0.1) is 6.54 Å². The van der Waals surface area contributed by atoms with Crippen LogP contribution in [0.25, 0.3) is 0 Å². The Bertz CT molecular complexity index is 311. The molecule has 0 radical (unpaired) electrons. The molecule has 3 fully saturated rings. The average molecular weight is 191 g/mol. The first-order chi connectivity index (χ1) is 6.76. The topological polar surface area (TPSA) is 29.9 Å². The van der Waals surface area contributed by atoms with Crippen molar-refractivity contribution in [3.05, 3.63) is 18.5 Å². The van der Waals surface area contributed by atoms with Gasteiger partial charge in [0, 0.05) is 24.0 Å². The van der Waals surface area contributed by atoms with Crippen LogP contribution in [-0.2, 0) is 6.54 Å². The van der Waals surface area contributed by atoms with Crippen molar-refractivity contribution in [2.75, 3.05) is 0 Å². The van der Waals surface area contributed by atoms with Crippen LogP contribution < -0.4 is 5.32 Å². The first kappa shape index (κ1) is 8.48. The number of hydrogen-bond donors (Lipinski definition) is 1. The molecule has 0 spiro atoms. The zero-order valence-electron chi connectivity index (χ0n) is 8.61.